The topological polar surface area (TPSA) is 94.7 Å². The molecule has 0 saturated carbocycles. The van der Waals surface area contributed by atoms with Gasteiger partial charge in [0.05, 0.1) is 18.6 Å². The molecule has 2 aromatic heterocycles. The third kappa shape index (κ3) is 3.94. The Bertz CT molecular complexity index is 955. The zero-order valence-corrected chi connectivity index (χ0v) is 15.7. The molecule has 1 aliphatic rings. The largest absolute Gasteiger partial charge is 0.370 e. The van der Waals surface area contributed by atoms with E-state index in [0.717, 1.165) is 25.3 Å². The molecule has 8 heteroatoms. The third-order valence-corrected chi connectivity index (χ3v) is 4.80. The number of likely N-dealkylation sites (N-methyl/N-ethyl adjacent to an activating group) is 1. The Morgan fingerprint density at radius 1 is 1.11 bits per heavy atom. The Kier molecular flexibility index (Phi) is 5.17. The first-order valence-electron chi connectivity index (χ1n) is 9.37. The van der Waals surface area contributed by atoms with E-state index >= 15 is 0 Å². The zero-order valence-electron chi connectivity index (χ0n) is 15.7. The maximum absolute atomic E-state index is 8.78. The van der Waals surface area contributed by atoms with Crippen LogP contribution >= 0.6 is 0 Å². The van der Waals surface area contributed by atoms with Crippen molar-refractivity contribution in [3.63, 3.8) is 0 Å². The van der Waals surface area contributed by atoms with Crippen LogP contribution in [0.5, 0.6) is 0 Å². The van der Waals surface area contributed by atoms with Gasteiger partial charge in [-0.3, -0.25) is 0 Å². The van der Waals surface area contributed by atoms with Crippen molar-refractivity contribution in [3.05, 3.63) is 54.9 Å². The van der Waals surface area contributed by atoms with Crippen molar-refractivity contribution in [3.8, 4) is 11.8 Å². The minimum atomic E-state index is 0.283. The van der Waals surface area contributed by atoms with Gasteiger partial charge in [0.2, 0.25) is 0 Å². The lowest BCUT2D eigenvalue weighted by Gasteiger charge is -2.19. The Balaban J connectivity index is 1.41. The van der Waals surface area contributed by atoms with Gasteiger partial charge in [0, 0.05) is 30.5 Å². The van der Waals surface area contributed by atoms with Crippen LogP contribution in [0.4, 0.5) is 17.3 Å². The highest BCUT2D eigenvalue weighted by molar-refractivity contribution is 5.54. The molecular weight excluding hydrogens is 352 g/mol. The molecule has 1 aliphatic heterocycles. The van der Waals surface area contributed by atoms with E-state index in [-0.39, 0.29) is 5.69 Å². The molecule has 0 bridgehead atoms. The third-order valence-electron chi connectivity index (χ3n) is 4.80. The highest BCUT2D eigenvalue weighted by Gasteiger charge is 2.21. The van der Waals surface area contributed by atoms with Crippen molar-refractivity contribution in [1.82, 2.24) is 24.8 Å². The van der Waals surface area contributed by atoms with Crippen LogP contribution in [0.15, 0.2) is 49.2 Å². The average molecular weight is 374 g/mol. The number of anilines is 3. The molecule has 3 aromatic rings. The number of nitriles is 1. The molecule has 1 aromatic carbocycles. The molecule has 2 N–H and O–H groups in total. The van der Waals surface area contributed by atoms with E-state index in [9.17, 15) is 0 Å². The Morgan fingerprint density at radius 2 is 1.93 bits per heavy atom. The number of nitrogens with one attached hydrogen (secondary N) is 2. The number of hydrogen-bond donors (Lipinski definition) is 2. The van der Waals surface area contributed by atoms with Crippen molar-refractivity contribution in [1.29, 1.82) is 5.26 Å². The monoisotopic (exact) mass is 374 g/mol. The maximum Gasteiger partial charge on any atom is 0.158 e. The van der Waals surface area contributed by atoms with Crippen molar-refractivity contribution in [2.45, 2.75) is 19.4 Å². The van der Waals surface area contributed by atoms with Crippen LogP contribution in [0.2, 0.25) is 0 Å². The van der Waals surface area contributed by atoms with Crippen molar-refractivity contribution in [2.24, 2.45) is 0 Å². The molecule has 3 heterocycles. The first kappa shape index (κ1) is 17.9. The van der Waals surface area contributed by atoms with Crippen LogP contribution in [0.25, 0.3) is 5.69 Å². The summed E-state index contributed by atoms with van der Waals surface area (Å²) in [6, 6.07) is 11.0. The fraction of sp³-hybridized carbons (Fsp3) is 0.300. The maximum atomic E-state index is 8.78. The predicted octanol–water partition coefficient (Wildman–Crippen LogP) is 2.47. The summed E-state index contributed by atoms with van der Waals surface area (Å²) in [5.74, 6) is 1.21. The highest BCUT2D eigenvalue weighted by atomic mass is 15.2. The second kappa shape index (κ2) is 8.06. The first-order chi connectivity index (χ1) is 13.7. The van der Waals surface area contributed by atoms with Crippen LogP contribution in [0.1, 0.15) is 19.0 Å². The molecule has 142 valence electrons. The fourth-order valence-electron chi connectivity index (χ4n) is 3.40. The quantitative estimate of drug-likeness (QED) is 0.684. The molecule has 0 amide bonds. The molecule has 0 radical (unpaired) electrons. The molecule has 1 fully saturated rings. The van der Waals surface area contributed by atoms with Crippen molar-refractivity contribution < 1.29 is 0 Å². The molecule has 0 unspecified atom stereocenters. The summed E-state index contributed by atoms with van der Waals surface area (Å²) >= 11 is 0. The summed E-state index contributed by atoms with van der Waals surface area (Å²) in [4.78, 5) is 14.9. The molecule has 28 heavy (non-hydrogen) atoms. The lowest BCUT2D eigenvalue weighted by atomic mass is 10.2. The van der Waals surface area contributed by atoms with Gasteiger partial charge in [0.1, 0.15) is 24.0 Å². The smallest absolute Gasteiger partial charge is 0.158 e. The normalized spacial score (nSPS) is 16.1. The van der Waals surface area contributed by atoms with Gasteiger partial charge in [-0.1, -0.05) is 6.92 Å². The average Bonchev–Trinajstić information content (AvgIpc) is 3.39. The van der Waals surface area contributed by atoms with Gasteiger partial charge in [-0.05, 0) is 37.2 Å². The SMILES string of the molecule is CCN[C@@H]1CCN(c2ccc(-n3cnc(Nc4cnc(C#N)cn4)c3)cc2)C1. The van der Waals surface area contributed by atoms with Gasteiger partial charge < -0.3 is 20.1 Å². The second-order valence-corrected chi connectivity index (χ2v) is 6.70. The van der Waals surface area contributed by atoms with E-state index in [2.05, 4.69) is 61.7 Å². The summed E-state index contributed by atoms with van der Waals surface area (Å²) in [6.45, 7) is 5.31. The summed E-state index contributed by atoms with van der Waals surface area (Å²) in [5, 5.41) is 15.4. The van der Waals surface area contributed by atoms with Crippen LogP contribution < -0.4 is 15.5 Å². The molecule has 8 nitrogen and oxygen atoms in total. The molecule has 0 spiro atoms. The van der Waals surface area contributed by atoms with Gasteiger partial charge >= 0.3 is 0 Å². The summed E-state index contributed by atoms with van der Waals surface area (Å²) in [7, 11) is 0. The lowest BCUT2D eigenvalue weighted by molar-refractivity contribution is 0.572. The molecular formula is C20H22N8. The van der Waals surface area contributed by atoms with E-state index in [4.69, 9.17) is 5.26 Å². The lowest BCUT2D eigenvalue weighted by Crippen LogP contribution is -2.32. The number of rotatable bonds is 6. The molecule has 1 atom stereocenters. The van der Waals surface area contributed by atoms with Crippen molar-refractivity contribution in [2.75, 3.05) is 29.9 Å². The van der Waals surface area contributed by atoms with Gasteiger partial charge in [0.25, 0.3) is 0 Å². The number of aromatic nitrogens is 4. The first-order valence-corrected chi connectivity index (χ1v) is 9.37. The van der Waals surface area contributed by atoms with Crippen LogP contribution in [-0.2, 0) is 0 Å². The van der Waals surface area contributed by atoms with E-state index in [0.29, 0.717) is 17.7 Å². The van der Waals surface area contributed by atoms with Crippen LogP contribution in [-0.4, -0.2) is 45.2 Å². The Labute approximate surface area is 163 Å². The van der Waals surface area contributed by atoms with Crippen LogP contribution in [0, 0.1) is 11.3 Å². The van der Waals surface area contributed by atoms with Crippen LogP contribution in [0.3, 0.4) is 0 Å². The zero-order chi connectivity index (χ0) is 19.3. The molecule has 0 aliphatic carbocycles. The van der Waals surface area contributed by atoms with E-state index < -0.39 is 0 Å². The highest BCUT2D eigenvalue weighted by Crippen LogP contribution is 2.23. The van der Waals surface area contributed by atoms with Gasteiger partial charge in [0.15, 0.2) is 5.69 Å². The van der Waals surface area contributed by atoms with E-state index in [1.54, 1.807) is 6.33 Å². The fourth-order valence-corrected chi connectivity index (χ4v) is 3.40. The number of hydrogen-bond acceptors (Lipinski definition) is 7. The summed E-state index contributed by atoms with van der Waals surface area (Å²) < 4.78 is 1.95. The minimum absolute atomic E-state index is 0.283. The van der Waals surface area contributed by atoms with E-state index in [1.165, 1.54) is 24.5 Å². The van der Waals surface area contributed by atoms with Gasteiger partial charge in [-0.25, -0.2) is 15.0 Å². The summed E-state index contributed by atoms with van der Waals surface area (Å²) in [5.41, 5.74) is 2.57. The summed E-state index contributed by atoms with van der Waals surface area (Å²) in [6.07, 6.45) is 7.78. The minimum Gasteiger partial charge on any atom is -0.370 e. The number of imidazole rings is 1. The van der Waals surface area contributed by atoms with Crippen molar-refractivity contribution >= 4 is 17.3 Å². The van der Waals surface area contributed by atoms with E-state index in [1.807, 2.05) is 16.8 Å². The Morgan fingerprint density at radius 3 is 2.64 bits per heavy atom. The predicted molar refractivity (Wildman–Crippen MR) is 108 cm³/mol. The molecule has 1 saturated heterocycles. The standard InChI is InChI=1S/C20H22N8/c1-2-22-15-7-8-27(12-15)17-3-5-18(6-4-17)28-13-20(25-14-28)26-19-11-23-16(9-21)10-24-19/h3-6,10-11,13-15,22H,2,7-8,12H2,1H3,(H,24,26)/t15-/m1/s1. The second-order valence-electron chi connectivity index (χ2n) is 6.70. The Hall–Kier alpha value is -3.44. The molecule has 4 rings (SSSR count). The number of nitrogens with zero attached hydrogens (tertiary/aromatic N) is 6. The van der Waals surface area contributed by atoms with Gasteiger partial charge in [-0.2, -0.15) is 5.26 Å². The van der Waals surface area contributed by atoms with Gasteiger partial charge in [-0.15, -0.1) is 0 Å². The number of benzene rings is 1.